The van der Waals surface area contributed by atoms with Gasteiger partial charge in [-0.25, -0.2) is 4.98 Å². The minimum atomic E-state index is -0.393. The monoisotopic (exact) mass is 777 g/mol. The molecule has 5 aromatic rings. The molecule has 0 saturated carbocycles. The number of ether oxygens (including phenoxy) is 2. The van der Waals surface area contributed by atoms with Crippen LogP contribution in [0.3, 0.4) is 0 Å². The van der Waals surface area contributed by atoms with E-state index in [1.807, 2.05) is 60.9 Å². The van der Waals surface area contributed by atoms with Gasteiger partial charge in [0.05, 0.1) is 49.1 Å². The predicted octanol–water partition coefficient (Wildman–Crippen LogP) is 4.85. The Morgan fingerprint density at radius 1 is 1.02 bits per heavy atom. The first kappa shape index (κ1) is 41.3. The maximum Gasteiger partial charge on any atom is 0.276 e. The van der Waals surface area contributed by atoms with Crippen molar-refractivity contribution >= 4 is 65.5 Å². The zero-order valence-corrected chi connectivity index (χ0v) is 32.5. The average Bonchev–Trinajstić information content (AvgIpc) is 3.94. The highest BCUT2D eigenvalue weighted by molar-refractivity contribution is 6.03. The number of hydrogen-bond donors (Lipinski definition) is 3. The summed E-state index contributed by atoms with van der Waals surface area (Å²) in [6.07, 6.45) is 13.9. The minimum Gasteiger partial charge on any atom is -0.494 e. The van der Waals surface area contributed by atoms with Gasteiger partial charge in [-0.2, -0.15) is 10.2 Å². The molecule has 1 amide bonds. The maximum atomic E-state index is 13.7. The topological polar surface area (TPSA) is 192 Å². The van der Waals surface area contributed by atoms with Crippen molar-refractivity contribution in [3.05, 3.63) is 89.5 Å². The molecule has 0 fully saturated rings. The molecule has 57 heavy (non-hydrogen) atoms. The van der Waals surface area contributed by atoms with E-state index in [1.54, 1.807) is 45.9 Å². The van der Waals surface area contributed by atoms with Crippen molar-refractivity contribution in [1.82, 2.24) is 34.4 Å². The third kappa shape index (κ3) is 10.3. The van der Waals surface area contributed by atoms with Crippen LogP contribution in [0.15, 0.2) is 72.0 Å². The van der Waals surface area contributed by atoms with E-state index in [2.05, 4.69) is 37.9 Å². The lowest BCUT2D eigenvalue weighted by Crippen LogP contribution is -2.33. The lowest BCUT2D eigenvalue weighted by molar-refractivity contribution is -0.107. The van der Waals surface area contributed by atoms with Crippen LogP contribution in [-0.4, -0.2) is 101 Å². The number of nitrogens with zero attached hydrogens (tertiary/aromatic N) is 8. The Labute approximate surface area is 330 Å². The fourth-order valence-electron chi connectivity index (χ4n) is 6.14. The summed E-state index contributed by atoms with van der Waals surface area (Å²) in [6, 6.07) is 8.30. The lowest BCUT2D eigenvalue weighted by Gasteiger charge is -2.26. The number of fused-ring (bicyclic) bond motifs is 1. The van der Waals surface area contributed by atoms with Gasteiger partial charge in [0.15, 0.2) is 0 Å². The first-order chi connectivity index (χ1) is 27.8. The summed E-state index contributed by atoms with van der Waals surface area (Å²) in [7, 11) is 3.35. The fourth-order valence-corrected chi connectivity index (χ4v) is 6.14. The molecule has 0 bridgehead atoms. The van der Waals surface area contributed by atoms with Crippen LogP contribution in [0.5, 0.6) is 11.5 Å². The summed E-state index contributed by atoms with van der Waals surface area (Å²) >= 11 is 0. The Morgan fingerprint density at radius 3 is 2.51 bits per heavy atom. The summed E-state index contributed by atoms with van der Waals surface area (Å²) in [5, 5.41) is 18.0. The second kappa shape index (κ2) is 20.2. The van der Waals surface area contributed by atoms with Crippen molar-refractivity contribution in [2.24, 2.45) is 4.99 Å². The number of rotatable bonds is 23. The molecule has 0 aliphatic carbocycles. The number of hydrogen-bond acceptors (Lipinski definition) is 13. The van der Waals surface area contributed by atoms with E-state index < -0.39 is 5.91 Å². The zero-order valence-electron chi connectivity index (χ0n) is 32.5. The van der Waals surface area contributed by atoms with Gasteiger partial charge in [0.25, 0.3) is 5.91 Å². The van der Waals surface area contributed by atoms with Crippen molar-refractivity contribution in [2.75, 3.05) is 56.1 Å². The molecule has 0 unspecified atom stereocenters. The molecule has 0 atom stereocenters. The molecule has 17 nitrogen and oxygen atoms in total. The van der Waals surface area contributed by atoms with Crippen LogP contribution in [-0.2, 0) is 24.4 Å². The number of imidazole rings is 1. The molecule has 2 aromatic carbocycles. The molecule has 0 aliphatic heterocycles. The molecule has 3 aromatic heterocycles. The second-order valence-corrected chi connectivity index (χ2v) is 12.7. The summed E-state index contributed by atoms with van der Waals surface area (Å²) in [5.41, 5.74) is 4.84. The number of carbonyl (C=O) groups excluding carboxylic acids is 4. The zero-order chi connectivity index (χ0) is 40.7. The van der Waals surface area contributed by atoms with Crippen molar-refractivity contribution < 1.29 is 28.7 Å². The van der Waals surface area contributed by atoms with E-state index in [0.29, 0.717) is 95.7 Å². The first-order valence-electron chi connectivity index (χ1n) is 18.3. The number of carbonyl (C=O) groups is 4. The van der Waals surface area contributed by atoms with Crippen LogP contribution in [0.4, 0.5) is 23.0 Å². The number of benzene rings is 2. The molecule has 298 valence electrons. The Balaban J connectivity index is 1.44. The maximum absolute atomic E-state index is 13.7. The number of aromatic nitrogens is 6. The highest BCUT2D eigenvalue weighted by Gasteiger charge is 2.21. The van der Waals surface area contributed by atoms with E-state index in [-0.39, 0.29) is 19.1 Å². The van der Waals surface area contributed by atoms with Gasteiger partial charge in [0.2, 0.25) is 5.95 Å². The third-order valence-corrected chi connectivity index (χ3v) is 8.69. The second-order valence-electron chi connectivity index (χ2n) is 12.7. The number of aldehydes is 3. The normalized spacial score (nSPS) is 11.3. The van der Waals surface area contributed by atoms with E-state index in [0.717, 1.165) is 24.5 Å². The summed E-state index contributed by atoms with van der Waals surface area (Å²) < 4.78 is 17.1. The van der Waals surface area contributed by atoms with Crippen LogP contribution in [0.2, 0.25) is 0 Å². The lowest BCUT2D eigenvalue weighted by atomic mass is 10.1. The van der Waals surface area contributed by atoms with Crippen molar-refractivity contribution in [1.29, 1.82) is 0 Å². The number of aryl methyl sites for hydroxylation is 2. The van der Waals surface area contributed by atoms with E-state index in [1.165, 1.54) is 7.11 Å². The van der Waals surface area contributed by atoms with Crippen LogP contribution in [0, 0.1) is 6.92 Å². The Morgan fingerprint density at radius 2 is 1.79 bits per heavy atom. The SMILES string of the molecule is C=Nc1cc(C=O)cc(OC)c1N(C/C=C/Cn1c(NC(=O)c2cc(C)nn2CC)nc2cc(C=O)cc(OC/C=C/Cn3cc(NCCC=O)cn3)c21)CNC. The molecule has 3 heterocycles. The number of allylic oxidation sites excluding steroid dienone is 2. The van der Waals surface area contributed by atoms with Crippen LogP contribution in [0.25, 0.3) is 11.0 Å². The number of methoxy groups -OCH3 is 1. The number of anilines is 3. The molecule has 5 rings (SSSR count). The molecule has 0 radical (unpaired) electrons. The molecule has 0 aliphatic rings. The van der Waals surface area contributed by atoms with Gasteiger partial charge in [0.1, 0.15) is 53.9 Å². The van der Waals surface area contributed by atoms with Crippen LogP contribution >= 0.6 is 0 Å². The van der Waals surface area contributed by atoms with Crippen molar-refractivity contribution in [2.45, 2.75) is 39.9 Å². The van der Waals surface area contributed by atoms with E-state index in [9.17, 15) is 19.2 Å². The number of aliphatic imine (C=N–C) groups is 1. The summed E-state index contributed by atoms with van der Waals surface area (Å²) in [5.74, 6) is 0.721. The molecule has 3 N–H and O–H groups in total. The third-order valence-electron chi connectivity index (χ3n) is 8.69. The Bertz CT molecular complexity index is 2270. The molecular weight excluding hydrogens is 731 g/mol. The van der Waals surface area contributed by atoms with Gasteiger partial charge in [-0.15, -0.1) is 0 Å². The van der Waals surface area contributed by atoms with Crippen LogP contribution < -0.4 is 30.3 Å². The average molecular weight is 778 g/mol. The standard InChI is InChI=1S/C40H47N11O6/c1-6-51-34(18-28(2)47-51)39(55)46-40-45-33-20-30(26-54)22-36(57-17-10-9-14-49-24-31(23-44-49)43-12-11-16-52)38(33)50(40)15-8-7-13-48(27-41-3)37-32(42-4)19-29(25-53)21-35(37)56-5/h7-10,16,18-26,41,43H,4,6,11-15,17,27H2,1-3,5H3,(H,45,46,55)/b8-7+,10-9+. The van der Waals surface area contributed by atoms with Crippen molar-refractivity contribution in [3.63, 3.8) is 0 Å². The molecule has 17 heteroatoms. The smallest absolute Gasteiger partial charge is 0.276 e. The Kier molecular flexibility index (Phi) is 14.6. The van der Waals surface area contributed by atoms with E-state index >= 15 is 0 Å². The summed E-state index contributed by atoms with van der Waals surface area (Å²) in [4.78, 5) is 58.8. The fraction of sp³-hybridized carbons (Fsp3) is 0.300. The van der Waals surface area contributed by atoms with Gasteiger partial charge in [-0.3, -0.25) is 34.1 Å². The predicted molar refractivity (Wildman–Crippen MR) is 220 cm³/mol. The molecule has 0 spiro atoms. The van der Waals surface area contributed by atoms with Gasteiger partial charge in [0, 0.05) is 49.9 Å². The van der Waals surface area contributed by atoms with Crippen LogP contribution in [0.1, 0.15) is 50.2 Å². The highest BCUT2D eigenvalue weighted by atomic mass is 16.5. The highest BCUT2D eigenvalue weighted by Crippen LogP contribution is 2.39. The van der Waals surface area contributed by atoms with Gasteiger partial charge >= 0.3 is 0 Å². The first-order valence-corrected chi connectivity index (χ1v) is 18.3. The van der Waals surface area contributed by atoms with Gasteiger partial charge in [-0.05, 0) is 64.0 Å². The minimum absolute atomic E-state index is 0.171. The number of nitrogens with one attached hydrogen (secondary N) is 3. The van der Waals surface area contributed by atoms with Gasteiger partial charge in [-0.1, -0.05) is 18.2 Å². The van der Waals surface area contributed by atoms with Gasteiger partial charge < -0.3 is 34.4 Å². The number of amides is 1. The van der Waals surface area contributed by atoms with E-state index in [4.69, 9.17) is 14.5 Å². The largest absolute Gasteiger partial charge is 0.494 e. The Hall–Kier alpha value is -6.88. The quantitative estimate of drug-likeness (QED) is 0.0269. The summed E-state index contributed by atoms with van der Waals surface area (Å²) in [6.45, 7) is 10.2. The molecular formula is C40H47N11O6. The molecule has 0 saturated heterocycles. The van der Waals surface area contributed by atoms with Crippen molar-refractivity contribution in [3.8, 4) is 11.5 Å².